The molecule has 1 unspecified atom stereocenters. The van der Waals surface area contributed by atoms with E-state index < -0.39 is 0 Å². The van der Waals surface area contributed by atoms with Crippen LogP contribution >= 0.6 is 23.2 Å². The third kappa shape index (κ3) is 5.10. The molecular formula is C17H24Cl2N3O2+. The van der Waals surface area contributed by atoms with Crippen molar-refractivity contribution in [1.82, 2.24) is 5.32 Å². The first-order valence-corrected chi connectivity index (χ1v) is 9.00. The molecular weight excluding hydrogens is 349 g/mol. The molecule has 1 aromatic rings. The van der Waals surface area contributed by atoms with Crippen molar-refractivity contribution < 1.29 is 14.5 Å². The molecule has 0 radical (unpaired) electrons. The van der Waals surface area contributed by atoms with Gasteiger partial charge in [-0.15, -0.1) is 0 Å². The third-order valence-electron chi connectivity index (χ3n) is 4.50. The largest absolute Gasteiger partial charge is 0.348 e. The minimum Gasteiger partial charge on any atom is -0.348 e. The van der Waals surface area contributed by atoms with Crippen LogP contribution in [-0.4, -0.2) is 37.5 Å². The Morgan fingerprint density at radius 1 is 1.25 bits per heavy atom. The SMILES string of the molecule is C[C@@H](C(=O)NC1CCCC1)[NH+](C)CC(=O)Nc1c(Cl)cccc1Cl. The predicted octanol–water partition coefficient (Wildman–Crippen LogP) is 1.89. The summed E-state index contributed by atoms with van der Waals surface area (Å²) in [5.41, 5.74) is 0.404. The topological polar surface area (TPSA) is 62.6 Å². The van der Waals surface area contributed by atoms with Gasteiger partial charge in [-0.2, -0.15) is 0 Å². The van der Waals surface area contributed by atoms with Crippen LogP contribution in [0.1, 0.15) is 32.6 Å². The van der Waals surface area contributed by atoms with Crippen LogP contribution in [0.25, 0.3) is 0 Å². The van der Waals surface area contributed by atoms with Crippen molar-refractivity contribution in [2.75, 3.05) is 18.9 Å². The fourth-order valence-electron chi connectivity index (χ4n) is 2.83. The Morgan fingerprint density at radius 2 is 1.83 bits per heavy atom. The van der Waals surface area contributed by atoms with Gasteiger partial charge in [0.25, 0.3) is 11.8 Å². The first kappa shape index (κ1) is 19.0. The number of carbonyl (C=O) groups is 2. The average molecular weight is 373 g/mol. The molecule has 1 fully saturated rings. The van der Waals surface area contributed by atoms with Crippen molar-refractivity contribution in [2.24, 2.45) is 0 Å². The molecule has 0 spiro atoms. The zero-order chi connectivity index (χ0) is 17.7. The lowest BCUT2D eigenvalue weighted by atomic mass is 10.2. The van der Waals surface area contributed by atoms with E-state index in [0.29, 0.717) is 15.7 Å². The molecule has 0 aliphatic heterocycles. The maximum atomic E-state index is 12.3. The molecule has 7 heteroatoms. The molecule has 24 heavy (non-hydrogen) atoms. The molecule has 0 aromatic heterocycles. The number of benzene rings is 1. The molecule has 2 rings (SSSR count). The number of likely N-dealkylation sites (N-methyl/N-ethyl adjacent to an activating group) is 1. The highest BCUT2D eigenvalue weighted by Gasteiger charge is 2.27. The fourth-order valence-corrected chi connectivity index (χ4v) is 3.32. The summed E-state index contributed by atoms with van der Waals surface area (Å²) >= 11 is 12.1. The lowest BCUT2D eigenvalue weighted by molar-refractivity contribution is -0.885. The number of halogens is 2. The minimum absolute atomic E-state index is 0.0111. The van der Waals surface area contributed by atoms with E-state index >= 15 is 0 Å². The first-order valence-electron chi connectivity index (χ1n) is 8.25. The monoisotopic (exact) mass is 372 g/mol. The minimum atomic E-state index is -0.307. The van der Waals surface area contributed by atoms with Gasteiger partial charge in [0.2, 0.25) is 0 Å². The van der Waals surface area contributed by atoms with Gasteiger partial charge in [-0.1, -0.05) is 42.1 Å². The highest BCUT2D eigenvalue weighted by molar-refractivity contribution is 6.39. The number of amides is 2. The van der Waals surface area contributed by atoms with Crippen LogP contribution in [0, 0.1) is 0 Å². The molecule has 1 saturated carbocycles. The van der Waals surface area contributed by atoms with Crippen LogP contribution in [-0.2, 0) is 9.59 Å². The highest BCUT2D eigenvalue weighted by Crippen LogP contribution is 2.29. The van der Waals surface area contributed by atoms with Gasteiger partial charge in [0.05, 0.1) is 22.8 Å². The van der Waals surface area contributed by atoms with Gasteiger partial charge in [-0.3, -0.25) is 9.59 Å². The summed E-state index contributed by atoms with van der Waals surface area (Å²) in [6.07, 6.45) is 4.43. The number of rotatable bonds is 6. The van der Waals surface area contributed by atoms with Crippen LogP contribution < -0.4 is 15.5 Å². The molecule has 1 aromatic carbocycles. The van der Waals surface area contributed by atoms with E-state index in [1.54, 1.807) is 18.2 Å². The lowest BCUT2D eigenvalue weighted by Crippen LogP contribution is -3.15. The van der Waals surface area contributed by atoms with E-state index in [9.17, 15) is 9.59 Å². The highest BCUT2D eigenvalue weighted by atomic mass is 35.5. The number of carbonyl (C=O) groups excluding carboxylic acids is 2. The summed E-state index contributed by atoms with van der Waals surface area (Å²) < 4.78 is 0. The van der Waals surface area contributed by atoms with Crippen molar-refractivity contribution in [3.8, 4) is 0 Å². The number of hydrogen-bond acceptors (Lipinski definition) is 2. The van der Waals surface area contributed by atoms with Crippen LogP contribution in [0.3, 0.4) is 0 Å². The van der Waals surface area contributed by atoms with E-state index in [2.05, 4.69) is 10.6 Å². The molecule has 5 nitrogen and oxygen atoms in total. The first-order chi connectivity index (χ1) is 11.4. The van der Waals surface area contributed by atoms with Gasteiger partial charge in [-0.25, -0.2) is 0 Å². The van der Waals surface area contributed by atoms with Crippen LogP contribution in [0.5, 0.6) is 0 Å². The average Bonchev–Trinajstić information content (AvgIpc) is 3.03. The smallest absolute Gasteiger partial charge is 0.279 e. The Balaban J connectivity index is 1.87. The Bertz CT molecular complexity index is 583. The van der Waals surface area contributed by atoms with Gasteiger partial charge in [0.1, 0.15) is 0 Å². The van der Waals surface area contributed by atoms with Gasteiger partial charge in [0, 0.05) is 6.04 Å². The lowest BCUT2D eigenvalue weighted by Gasteiger charge is -2.22. The van der Waals surface area contributed by atoms with E-state index in [4.69, 9.17) is 23.2 Å². The van der Waals surface area contributed by atoms with E-state index in [1.165, 1.54) is 12.8 Å². The van der Waals surface area contributed by atoms with Crippen molar-refractivity contribution >= 4 is 40.7 Å². The van der Waals surface area contributed by atoms with E-state index in [1.807, 2.05) is 14.0 Å². The predicted molar refractivity (Wildman–Crippen MR) is 96.7 cm³/mol. The van der Waals surface area contributed by atoms with Gasteiger partial charge >= 0.3 is 0 Å². The molecule has 3 N–H and O–H groups in total. The van der Waals surface area contributed by atoms with E-state index in [-0.39, 0.29) is 30.4 Å². The zero-order valence-electron chi connectivity index (χ0n) is 14.0. The quantitative estimate of drug-likeness (QED) is 0.713. The maximum Gasteiger partial charge on any atom is 0.279 e. The molecule has 0 bridgehead atoms. The van der Waals surface area contributed by atoms with Crippen LogP contribution in [0.15, 0.2) is 18.2 Å². The molecule has 0 heterocycles. The number of anilines is 1. The summed E-state index contributed by atoms with van der Waals surface area (Å²) in [5.74, 6) is -0.244. The number of quaternary nitrogens is 1. The summed E-state index contributed by atoms with van der Waals surface area (Å²) in [6, 6.07) is 5.02. The number of para-hydroxylation sites is 1. The van der Waals surface area contributed by atoms with Crippen molar-refractivity contribution in [3.63, 3.8) is 0 Å². The third-order valence-corrected chi connectivity index (χ3v) is 5.13. The molecule has 1 aliphatic carbocycles. The molecule has 2 atom stereocenters. The second kappa shape index (κ2) is 8.70. The Kier molecular flexibility index (Phi) is 6.90. The summed E-state index contributed by atoms with van der Waals surface area (Å²) in [6.45, 7) is 1.98. The molecule has 132 valence electrons. The normalized spacial score (nSPS) is 17.3. The Labute approximate surface area is 152 Å². The summed E-state index contributed by atoms with van der Waals surface area (Å²) in [5, 5.41) is 6.57. The fraction of sp³-hybridized carbons (Fsp3) is 0.529. The number of hydrogen-bond donors (Lipinski definition) is 3. The second-order valence-electron chi connectivity index (χ2n) is 6.38. The second-order valence-corrected chi connectivity index (χ2v) is 7.19. The number of nitrogens with one attached hydrogen (secondary N) is 3. The Hall–Kier alpha value is -1.30. The zero-order valence-corrected chi connectivity index (χ0v) is 15.5. The van der Waals surface area contributed by atoms with Crippen molar-refractivity contribution in [1.29, 1.82) is 0 Å². The van der Waals surface area contributed by atoms with Crippen LogP contribution in [0.4, 0.5) is 5.69 Å². The van der Waals surface area contributed by atoms with Gasteiger partial charge in [-0.05, 0) is 31.9 Å². The maximum absolute atomic E-state index is 12.3. The van der Waals surface area contributed by atoms with Crippen molar-refractivity contribution in [2.45, 2.75) is 44.7 Å². The summed E-state index contributed by atoms with van der Waals surface area (Å²) in [4.78, 5) is 25.3. The summed E-state index contributed by atoms with van der Waals surface area (Å²) in [7, 11) is 1.83. The molecule has 1 aliphatic rings. The van der Waals surface area contributed by atoms with Crippen LogP contribution in [0.2, 0.25) is 10.0 Å². The van der Waals surface area contributed by atoms with Gasteiger partial charge in [0.15, 0.2) is 12.6 Å². The molecule has 0 saturated heterocycles. The van der Waals surface area contributed by atoms with E-state index in [0.717, 1.165) is 17.7 Å². The standard InChI is InChI=1S/C17H23Cl2N3O2/c1-11(17(24)20-12-6-3-4-7-12)22(2)10-15(23)21-16-13(18)8-5-9-14(16)19/h5,8-9,11-12H,3-4,6-7,10H2,1-2H3,(H,20,24)(H,21,23)/p+1/t11-/m0/s1. The Morgan fingerprint density at radius 3 is 2.42 bits per heavy atom. The molecule has 2 amide bonds. The van der Waals surface area contributed by atoms with Gasteiger partial charge < -0.3 is 15.5 Å². The van der Waals surface area contributed by atoms with Crippen molar-refractivity contribution in [3.05, 3.63) is 28.2 Å².